The number of aryl methyl sites for hydroxylation is 1. The second-order valence-corrected chi connectivity index (χ2v) is 4.89. The molecule has 8 nitrogen and oxygen atoms in total. The first-order valence-electron chi connectivity index (χ1n) is 5.78. The maximum absolute atomic E-state index is 11.7. The lowest BCUT2D eigenvalue weighted by atomic mass is 10.3. The molecule has 2 aromatic heterocycles. The quantitative estimate of drug-likeness (QED) is 0.754. The summed E-state index contributed by atoms with van der Waals surface area (Å²) >= 11 is 1.21. The third-order valence-electron chi connectivity index (χ3n) is 2.51. The molecule has 20 heavy (non-hydrogen) atoms. The molecule has 0 aromatic carbocycles. The Morgan fingerprint density at radius 2 is 2.30 bits per heavy atom. The number of aromatic nitrogens is 2. The number of anilines is 2. The van der Waals surface area contributed by atoms with Crippen LogP contribution in [0.2, 0.25) is 0 Å². The van der Waals surface area contributed by atoms with Crippen LogP contribution < -0.4 is 21.1 Å². The van der Waals surface area contributed by atoms with E-state index in [4.69, 9.17) is 15.0 Å². The molecule has 0 saturated carbocycles. The third-order valence-corrected chi connectivity index (χ3v) is 3.66. The zero-order valence-electron chi connectivity index (χ0n) is 11.3. The summed E-state index contributed by atoms with van der Waals surface area (Å²) in [6.45, 7) is 2.06. The summed E-state index contributed by atoms with van der Waals surface area (Å²) in [7, 11) is 3.04. The Bertz CT molecular complexity index is 622. The van der Waals surface area contributed by atoms with E-state index in [2.05, 4.69) is 20.8 Å². The van der Waals surface area contributed by atoms with E-state index in [0.29, 0.717) is 39.6 Å². The lowest BCUT2D eigenvalue weighted by Gasteiger charge is -2.04. The maximum Gasteiger partial charge on any atom is 0.263 e. The summed E-state index contributed by atoms with van der Waals surface area (Å²) in [6, 6.07) is 0. The molecule has 0 aliphatic heterocycles. The second kappa shape index (κ2) is 5.78. The predicted octanol–water partition coefficient (Wildman–Crippen LogP) is 1.00. The van der Waals surface area contributed by atoms with Gasteiger partial charge in [0.25, 0.3) is 5.91 Å². The van der Waals surface area contributed by atoms with Gasteiger partial charge in [-0.3, -0.25) is 4.79 Å². The molecular weight excluding hydrogens is 282 g/mol. The van der Waals surface area contributed by atoms with Crippen molar-refractivity contribution in [2.24, 2.45) is 0 Å². The van der Waals surface area contributed by atoms with Crippen molar-refractivity contribution >= 4 is 27.9 Å². The van der Waals surface area contributed by atoms with E-state index in [0.717, 1.165) is 0 Å². The van der Waals surface area contributed by atoms with E-state index in [1.165, 1.54) is 18.4 Å². The number of thiophene rings is 1. The van der Waals surface area contributed by atoms with Gasteiger partial charge < -0.3 is 25.6 Å². The van der Waals surface area contributed by atoms with Gasteiger partial charge in [0.1, 0.15) is 15.6 Å². The molecule has 0 aliphatic rings. The first-order valence-corrected chi connectivity index (χ1v) is 6.59. The first-order chi connectivity index (χ1) is 9.56. The molecule has 2 aromatic rings. The highest BCUT2D eigenvalue weighted by atomic mass is 32.1. The number of nitrogens with one attached hydrogen (secondary N) is 2. The van der Waals surface area contributed by atoms with Gasteiger partial charge in [-0.15, -0.1) is 11.3 Å². The van der Waals surface area contributed by atoms with Crippen LogP contribution in [-0.4, -0.2) is 30.2 Å². The van der Waals surface area contributed by atoms with Crippen molar-refractivity contribution in [3.05, 3.63) is 16.6 Å². The van der Waals surface area contributed by atoms with Crippen LogP contribution in [0.1, 0.15) is 21.4 Å². The van der Waals surface area contributed by atoms with Gasteiger partial charge in [-0.2, -0.15) is 4.98 Å². The van der Waals surface area contributed by atoms with E-state index < -0.39 is 0 Å². The number of ether oxygens (including phenoxy) is 1. The highest BCUT2D eigenvalue weighted by Crippen LogP contribution is 2.42. The van der Waals surface area contributed by atoms with Crippen molar-refractivity contribution in [3.63, 3.8) is 0 Å². The number of amides is 1. The Labute approximate surface area is 119 Å². The van der Waals surface area contributed by atoms with Gasteiger partial charge >= 0.3 is 0 Å². The summed E-state index contributed by atoms with van der Waals surface area (Å²) in [5.41, 5.74) is 6.21. The van der Waals surface area contributed by atoms with Gasteiger partial charge in [-0.25, -0.2) is 0 Å². The molecule has 4 N–H and O–H groups in total. The summed E-state index contributed by atoms with van der Waals surface area (Å²) < 4.78 is 10.1. The summed E-state index contributed by atoms with van der Waals surface area (Å²) in [6.07, 6.45) is 0. The van der Waals surface area contributed by atoms with Gasteiger partial charge in [0.15, 0.2) is 11.6 Å². The standard InChI is InChI=1S/C11H15N5O3S/c1-5-15-6(16-19-5)4-14-11-8(18-3)7(12)9(20-11)10(17)13-2/h14H,4,12H2,1-3H3,(H,13,17). The fraction of sp³-hybridized carbons (Fsp3) is 0.364. The Hall–Kier alpha value is -2.29. The normalized spacial score (nSPS) is 10.3. The summed E-state index contributed by atoms with van der Waals surface area (Å²) in [4.78, 5) is 16.2. The molecular formula is C11H15N5O3S. The van der Waals surface area contributed by atoms with Gasteiger partial charge in [0.2, 0.25) is 5.89 Å². The van der Waals surface area contributed by atoms with E-state index >= 15 is 0 Å². The zero-order valence-corrected chi connectivity index (χ0v) is 12.1. The average molecular weight is 297 g/mol. The fourth-order valence-corrected chi connectivity index (χ4v) is 2.63. The van der Waals surface area contributed by atoms with Gasteiger partial charge in [-0.05, 0) is 0 Å². The molecule has 0 atom stereocenters. The highest BCUT2D eigenvalue weighted by molar-refractivity contribution is 7.19. The van der Waals surface area contributed by atoms with Crippen LogP contribution >= 0.6 is 11.3 Å². The van der Waals surface area contributed by atoms with E-state index in [-0.39, 0.29) is 5.91 Å². The van der Waals surface area contributed by atoms with Crippen LogP contribution in [0.4, 0.5) is 10.7 Å². The Kier molecular flexibility index (Phi) is 4.08. The number of nitrogens with two attached hydrogens (primary N) is 1. The molecule has 0 spiro atoms. The van der Waals surface area contributed by atoms with Crippen LogP contribution in [0.5, 0.6) is 5.75 Å². The monoisotopic (exact) mass is 297 g/mol. The average Bonchev–Trinajstić information content (AvgIpc) is 2.99. The second-order valence-electron chi connectivity index (χ2n) is 3.87. The number of nitrogen functional groups attached to an aromatic ring is 1. The van der Waals surface area contributed by atoms with Crippen LogP contribution in [0.25, 0.3) is 0 Å². The summed E-state index contributed by atoms with van der Waals surface area (Å²) in [5, 5.41) is 10.0. The van der Waals surface area contributed by atoms with Crippen molar-refractivity contribution in [2.45, 2.75) is 13.5 Å². The molecule has 108 valence electrons. The lowest BCUT2D eigenvalue weighted by Crippen LogP contribution is -2.17. The summed E-state index contributed by atoms with van der Waals surface area (Å²) in [5.74, 6) is 1.19. The Morgan fingerprint density at radius 3 is 2.85 bits per heavy atom. The number of carbonyl (C=O) groups excluding carboxylic acids is 1. The Balaban J connectivity index is 2.20. The maximum atomic E-state index is 11.7. The molecule has 2 rings (SSSR count). The fourth-order valence-electron chi connectivity index (χ4n) is 1.60. The van der Waals surface area contributed by atoms with Crippen molar-refractivity contribution in [3.8, 4) is 5.75 Å². The van der Waals surface area contributed by atoms with Gasteiger partial charge in [-0.1, -0.05) is 5.16 Å². The minimum atomic E-state index is -0.255. The Morgan fingerprint density at radius 1 is 1.55 bits per heavy atom. The topological polar surface area (TPSA) is 115 Å². The van der Waals surface area contributed by atoms with Crippen molar-refractivity contribution in [1.82, 2.24) is 15.5 Å². The molecule has 0 aliphatic carbocycles. The minimum Gasteiger partial charge on any atom is -0.492 e. The van der Waals surface area contributed by atoms with Crippen molar-refractivity contribution in [2.75, 3.05) is 25.2 Å². The molecule has 1 amide bonds. The van der Waals surface area contributed by atoms with E-state index in [9.17, 15) is 4.79 Å². The van der Waals surface area contributed by atoms with Crippen LogP contribution in [0.15, 0.2) is 4.52 Å². The number of hydrogen-bond donors (Lipinski definition) is 3. The lowest BCUT2D eigenvalue weighted by molar-refractivity contribution is 0.0967. The zero-order chi connectivity index (χ0) is 14.7. The largest absolute Gasteiger partial charge is 0.492 e. The predicted molar refractivity (Wildman–Crippen MR) is 75.0 cm³/mol. The molecule has 0 saturated heterocycles. The third kappa shape index (κ3) is 2.67. The first kappa shape index (κ1) is 14.1. The van der Waals surface area contributed by atoms with Gasteiger partial charge in [0.05, 0.1) is 13.7 Å². The van der Waals surface area contributed by atoms with Gasteiger partial charge in [0, 0.05) is 14.0 Å². The minimum absolute atomic E-state index is 0.255. The van der Waals surface area contributed by atoms with E-state index in [1.807, 2.05) is 0 Å². The number of carbonyl (C=O) groups is 1. The molecule has 9 heteroatoms. The number of rotatable bonds is 5. The van der Waals surface area contributed by atoms with Crippen molar-refractivity contribution in [1.29, 1.82) is 0 Å². The van der Waals surface area contributed by atoms with E-state index in [1.54, 1.807) is 14.0 Å². The molecule has 0 radical (unpaired) electrons. The van der Waals surface area contributed by atoms with Crippen LogP contribution in [-0.2, 0) is 6.54 Å². The highest BCUT2D eigenvalue weighted by Gasteiger charge is 2.21. The molecule has 0 unspecified atom stereocenters. The SMILES string of the molecule is CNC(=O)c1sc(NCc2noc(C)n2)c(OC)c1N. The number of nitrogens with zero attached hydrogens (tertiary/aromatic N) is 2. The molecule has 2 heterocycles. The number of hydrogen-bond acceptors (Lipinski definition) is 8. The van der Waals surface area contributed by atoms with Crippen molar-refractivity contribution < 1.29 is 14.1 Å². The van der Waals surface area contributed by atoms with Crippen LogP contribution in [0.3, 0.4) is 0 Å². The smallest absolute Gasteiger partial charge is 0.263 e. The molecule has 0 fully saturated rings. The molecule has 0 bridgehead atoms. The van der Waals surface area contributed by atoms with Crippen LogP contribution in [0, 0.1) is 6.92 Å². The number of methoxy groups -OCH3 is 1.